The van der Waals surface area contributed by atoms with E-state index in [0.29, 0.717) is 44.4 Å². The summed E-state index contributed by atoms with van der Waals surface area (Å²) in [5.74, 6) is -0.870. The highest BCUT2D eigenvalue weighted by molar-refractivity contribution is 8.00. The molecule has 0 bridgehead atoms. The molecule has 48 heavy (non-hydrogen) atoms. The van der Waals surface area contributed by atoms with E-state index in [1.165, 1.54) is 28.0 Å². The zero-order chi connectivity index (χ0) is 33.4. The van der Waals surface area contributed by atoms with Gasteiger partial charge in [-0.3, -0.25) is 14.5 Å². The normalized spacial score (nSPS) is 15.8. The Labute approximate surface area is 289 Å². The van der Waals surface area contributed by atoms with Crippen LogP contribution in [-0.2, 0) is 21.9 Å². The van der Waals surface area contributed by atoms with Crippen LogP contribution in [0, 0.1) is 13.8 Å². The molecule has 0 spiro atoms. The van der Waals surface area contributed by atoms with E-state index in [9.17, 15) is 14.7 Å². The van der Waals surface area contributed by atoms with E-state index in [4.69, 9.17) is 21.3 Å². The van der Waals surface area contributed by atoms with Crippen LogP contribution in [0.4, 0.5) is 5.13 Å². The van der Waals surface area contributed by atoms with Gasteiger partial charge in [0.1, 0.15) is 23.7 Å². The number of anilines is 1. The van der Waals surface area contributed by atoms with Crippen LogP contribution >= 0.6 is 34.7 Å². The molecule has 1 atom stereocenters. The number of Topliss-reactive ketones (excluding diaryl/α,β-unsaturated/α-hetero) is 1. The van der Waals surface area contributed by atoms with E-state index < -0.39 is 17.7 Å². The van der Waals surface area contributed by atoms with E-state index in [1.807, 2.05) is 97.2 Å². The van der Waals surface area contributed by atoms with Crippen LogP contribution in [0.3, 0.4) is 0 Å². The van der Waals surface area contributed by atoms with Crippen molar-refractivity contribution in [2.24, 2.45) is 0 Å². The number of imidazole rings is 1. The molecule has 3 aromatic carbocycles. The maximum absolute atomic E-state index is 13.9. The average molecular weight is 694 g/mol. The maximum atomic E-state index is 13.9. The molecule has 1 aliphatic heterocycles. The van der Waals surface area contributed by atoms with Crippen molar-refractivity contribution in [1.29, 1.82) is 0 Å². The van der Waals surface area contributed by atoms with Gasteiger partial charge in [0.2, 0.25) is 5.13 Å². The summed E-state index contributed by atoms with van der Waals surface area (Å²) in [4.78, 5) is 33.8. The summed E-state index contributed by atoms with van der Waals surface area (Å²) in [6, 6.07) is 27.2. The van der Waals surface area contributed by atoms with Crippen LogP contribution in [0.1, 0.15) is 39.7 Å². The molecule has 1 N–H and O–H groups in total. The maximum Gasteiger partial charge on any atom is 0.301 e. The van der Waals surface area contributed by atoms with Gasteiger partial charge in [0.15, 0.2) is 10.1 Å². The summed E-state index contributed by atoms with van der Waals surface area (Å²) in [6.07, 6.45) is 1.84. The number of carbonyl (C=O) groups excluding carboxylic acids is 2. The summed E-state index contributed by atoms with van der Waals surface area (Å²) < 4.78 is 8.57. The number of hydrogen-bond donors (Lipinski definition) is 1. The number of aliphatic hydroxyl groups excluding tert-OH is 1. The monoisotopic (exact) mass is 693 g/mol. The summed E-state index contributed by atoms with van der Waals surface area (Å²) >= 11 is 8.69. The van der Waals surface area contributed by atoms with Crippen LogP contribution in [0.2, 0.25) is 5.02 Å². The molecule has 0 radical (unpaired) electrons. The number of carbonyl (C=O) groups is 2. The third-order valence-electron chi connectivity index (χ3n) is 8.05. The smallest absolute Gasteiger partial charge is 0.301 e. The van der Waals surface area contributed by atoms with Gasteiger partial charge in [-0.05, 0) is 66.4 Å². The Morgan fingerprint density at radius 3 is 2.52 bits per heavy atom. The number of aromatic nitrogens is 4. The van der Waals surface area contributed by atoms with Gasteiger partial charge < -0.3 is 14.2 Å². The zero-order valence-corrected chi connectivity index (χ0v) is 28.2. The number of hydrogen-bond acceptors (Lipinski definition) is 9. The fraction of sp³-hybridized carbons (Fsp3) is 0.139. The number of pyridine rings is 1. The highest BCUT2D eigenvalue weighted by Crippen LogP contribution is 2.45. The van der Waals surface area contributed by atoms with Crippen LogP contribution in [0.15, 0.2) is 107 Å². The minimum Gasteiger partial charge on any atom is -0.505 e. The van der Waals surface area contributed by atoms with Crippen LogP contribution < -0.4 is 9.64 Å². The molecule has 4 heterocycles. The molecule has 1 saturated heterocycles. The van der Waals surface area contributed by atoms with E-state index in [0.717, 1.165) is 16.7 Å². The second kappa shape index (κ2) is 13.3. The molecule has 12 heteroatoms. The van der Waals surface area contributed by atoms with Crippen molar-refractivity contribution in [1.82, 2.24) is 19.6 Å². The van der Waals surface area contributed by atoms with Gasteiger partial charge >= 0.3 is 5.91 Å². The second-order valence-electron chi connectivity index (χ2n) is 11.2. The van der Waals surface area contributed by atoms with Crippen molar-refractivity contribution in [2.75, 3.05) is 4.90 Å². The highest BCUT2D eigenvalue weighted by atomic mass is 35.5. The summed E-state index contributed by atoms with van der Waals surface area (Å²) in [5.41, 5.74) is 4.91. The van der Waals surface area contributed by atoms with Gasteiger partial charge in [0.25, 0.3) is 5.78 Å². The molecule has 6 aromatic rings. The van der Waals surface area contributed by atoms with Crippen molar-refractivity contribution in [3.05, 3.63) is 141 Å². The number of thioether (sulfide) groups is 1. The first-order valence-corrected chi connectivity index (χ1v) is 17.2. The van der Waals surface area contributed by atoms with Crippen molar-refractivity contribution >= 4 is 62.9 Å². The van der Waals surface area contributed by atoms with Gasteiger partial charge in [-0.2, -0.15) is 0 Å². The predicted molar refractivity (Wildman–Crippen MR) is 188 cm³/mol. The van der Waals surface area contributed by atoms with Gasteiger partial charge in [-0.15, -0.1) is 10.2 Å². The number of ether oxygens (including phenoxy) is 1. The Morgan fingerprint density at radius 1 is 0.958 bits per heavy atom. The molecule has 1 aliphatic rings. The lowest BCUT2D eigenvalue weighted by Gasteiger charge is -2.23. The Bertz CT molecular complexity index is 2200. The Hall–Kier alpha value is -4.97. The highest BCUT2D eigenvalue weighted by Gasteiger charge is 2.49. The number of benzene rings is 3. The third-order valence-corrected chi connectivity index (χ3v) is 10.4. The minimum atomic E-state index is -1.02. The molecule has 9 nitrogen and oxygen atoms in total. The topological polar surface area (TPSA) is 110 Å². The lowest BCUT2D eigenvalue weighted by molar-refractivity contribution is -0.132. The Kier molecular flexibility index (Phi) is 8.74. The van der Waals surface area contributed by atoms with E-state index >= 15 is 0 Å². The van der Waals surface area contributed by atoms with Crippen LogP contribution in [0.25, 0.3) is 11.4 Å². The number of rotatable bonds is 9. The van der Waals surface area contributed by atoms with Gasteiger partial charge in [0.05, 0.1) is 17.3 Å². The zero-order valence-electron chi connectivity index (χ0n) is 25.8. The molecule has 1 unspecified atom stereocenters. The number of amides is 1. The van der Waals surface area contributed by atoms with Crippen molar-refractivity contribution in [3.8, 4) is 5.75 Å². The van der Waals surface area contributed by atoms with Crippen molar-refractivity contribution < 1.29 is 19.4 Å². The lowest BCUT2D eigenvalue weighted by atomic mass is 9.96. The number of aliphatic hydroxyl groups is 1. The van der Waals surface area contributed by atoms with Gasteiger partial charge in [-0.25, -0.2) is 4.98 Å². The summed E-state index contributed by atoms with van der Waals surface area (Å²) in [6.45, 7) is 4.06. The first-order chi connectivity index (χ1) is 23.3. The quantitative estimate of drug-likeness (QED) is 0.0534. The molecular weight excluding hydrogens is 666 g/mol. The Balaban J connectivity index is 1.29. The first kappa shape index (κ1) is 31.6. The summed E-state index contributed by atoms with van der Waals surface area (Å²) in [5, 5.41) is 21.4. The fourth-order valence-electron chi connectivity index (χ4n) is 5.62. The Morgan fingerprint density at radius 2 is 1.75 bits per heavy atom. The van der Waals surface area contributed by atoms with Crippen molar-refractivity contribution in [3.63, 3.8) is 0 Å². The molecule has 1 amide bonds. The third kappa shape index (κ3) is 6.08. The van der Waals surface area contributed by atoms with E-state index in [1.54, 1.807) is 18.2 Å². The molecule has 0 saturated carbocycles. The minimum absolute atomic E-state index is 0.0880. The lowest BCUT2D eigenvalue weighted by Crippen LogP contribution is -2.29. The van der Waals surface area contributed by atoms with E-state index in [-0.39, 0.29) is 22.2 Å². The summed E-state index contributed by atoms with van der Waals surface area (Å²) in [7, 11) is 0. The molecule has 7 rings (SSSR count). The van der Waals surface area contributed by atoms with Crippen molar-refractivity contribution in [2.45, 2.75) is 36.6 Å². The number of halogens is 1. The van der Waals surface area contributed by atoms with Crippen LogP contribution in [0.5, 0.6) is 5.75 Å². The SMILES string of the molecule is Cc1cccn2c(C)c(C(O)=C3C(=O)C(=O)N(c4nnc(SCc5ccc(Cl)cc5)s4)C3c3cccc(OCc4ccccc4)c3)nc12. The largest absolute Gasteiger partial charge is 0.505 e. The second-order valence-corrected chi connectivity index (χ2v) is 13.8. The molecule has 0 aliphatic carbocycles. The van der Waals surface area contributed by atoms with Crippen LogP contribution in [-0.4, -0.2) is 36.4 Å². The standard InChI is InChI=1S/C36H28ClN5O4S2/c1-21-8-7-17-41-22(2)29(38-33(21)41)31(43)28-30(25-11-6-12-27(18-25)46-19-23-9-4-3-5-10-23)42(34(45)32(28)44)35-39-40-36(48-35)47-20-24-13-15-26(37)16-14-24/h3-18,30,43H,19-20H2,1-2H3. The number of nitrogens with zero attached hydrogens (tertiary/aromatic N) is 5. The number of ketones is 1. The number of aryl methyl sites for hydroxylation is 2. The molecule has 3 aromatic heterocycles. The molecule has 1 fully saturated rings. The molecular formula is C36H28ClN5O4S2. The average Bonchev–Trinajstić information content (AvgIpc) is 3.78. The first-order valence-electron chi connectivity index (χ1n) is 15.0. The fourth-order valence-corrected chi connectivity index (χ4v) is 7.57. The van der Waals surface area contributed by atoms with E-state index in [2.05, 4.69) is 10.2 Å². The predicted octanol–water partition coefficient (Wildman–Crippen LogP) is 7.95. The number of fused-ring (bicyclic) bond motifs is 1. The molecule has 240 valence electrons. The van der Waals surface area contributed by atoms with Gasteiger partial charge in [0, 0.05) is 17.0 Å². The van der Waals surface area contributed by atoms with Gasteiger partial charge in [-0.1, -0.05) is 95.4 Å².